The van der Waals surface area contributed by atoms with Crippen LogP contribution in [0.2, 0.25) is 0 Å². The molecule has 2 aromatic rings. The van der Waals surface area contributed by atoms with Crippen LogP contribution in [0, 0.1) is 18.8 Å². The zero-order valence-corrected chi connectivity index (χ0v) is 18.1. The lowest BCUT2D eigenvalue weighted by Gasteiger charge is -2.30. The van der Waals surface area contributed by atoms with Crippen molar-refractivity contribution < 1.29 is 13.7 Å². The van der Waals surface area contributed by atoms with Crippen LogP contribution in [0.25, 0.3) is 0 Å². The Bertz CT molecular complexity index is 835. The molecule has 1 saturated carbocycles. The van der Waals surface area contributed by atoms with Gasteiger partial charge in [0.25, 0.3) is 0 Å². The van der Waals surface area contributed by atoms with Gasteiger partial charge in [-0.05, 0) is 64.2 Å². The van der Waals surface area contributed by atoms with E-state index in [1.807, 2.05) is 45.9 Å². The lowest BCUT2D eigenvalue weighted by Crippen LogP contribution is -2.42. The van der Waals surface area contributed by atoms with Crippen LogP contribution in [0.3, 0.4) is 0 Å². The van der Waals surface area contributed by atoms with Crippen LogP contribution < -0.4 is 14.4 Å². The molecule has 1 aliphatic heterocycles. The van der Waals surface area contributed by atoms with E-state index < -0.39 is 11.4 Å². The summed E-state index contributed by atoms with van der Waals surface area (Å²) in [6.07, 6.45) is 1.35. The Morgan fingerprint density at radius 2 is 1.93 bits per heavy atom. The Hall–Kier alpha value is -1.63. The normalized spacial score (nSPS) is 23.4. The second-order valence-electron chi connectivity index (χ2n) is 8.97. The molecule has 0 bridgehead atoms. The fraction of sp³-hybridized carbons (Fsp3) is 0.545. The summed E-state index contributed by atoms with van der Waals surface area (Å²) in [6, 6.07) is 9.80. The summed E-state index contributed by atoms with van der Waals surface area (Å²) in [5.41, 5.74) is 2.22. The van der Waals surface area contributed by atoms with Crippen molar-refractivity contribution in [3.8, 4) is 5.75 Å². The average Bonchev–Trinajstić information content (AvgIpc) is 3.04. The van der Waals surface area contributed by atoms with E-state index in [1.54, 1.807) is 7.11 Å². The van der Waals surface area contributed by atoms with Gasteiger partial charge in [-0.1, -0.05) is 6.07 Å². The van der Waals surface area contributed by atoms with Crippen molar-refractivity contribution in [1.82, 2.24) is 4.72 Å². The Kier molecular flexibility index (Phi) is 5.14. The zero-order valence-electron chi connectivity index (χ0n) is 17.3. The predicted octanol–water partition coefficient (Wildman–Crippen LogP) is 4.19. The van der Waals surface area contributed by atoms with Gasteiger partial charge in [0, 0.05) is 41.8 Å². The highest BCUT2D eigenvalue weighted by Crippen LogP contribution is 2.48. The minimum Gasteiger partial charge on any atom is -0.598 e. The summed E-state index contributed by atoms with van der Waals surface area (Å²) in [6.45, 7) is 10.0. The molecular weight excluding hydrogens is 372 g/mol. The third kappa shape index (κ3) is 3.91. The van der Waals surface area contributed by atoms with E-state index in [0.717, 1.165) is 53.4 Å². The largest absolute Gasteiger partial charge is 0.598 e. The van der Waals surface area contributed by atoms with E-state index in [4.69, 9.17) is 9.15 Å². The number of benzene rings is 1. The van der Waals surface area contributed by atoms with Gasteiger partial charge in [0.05, 0.1) is 7.11 Å². The number of nitrogens with zero attached hydrogens (tertiary/aromatic N) is 1. The van der Waals surface area contributed by atoms with Gasteiger partial charge in [0.15, 0.2) is 0 Å². The highest BCUT2D eigenvalue weighted by molar-refractivity contribution is 7.90. The molecule has 5 nitrogen and oxygen atoms in total. The summed E-state index contributed by atoms with van der Waals surface area (Å²) in [5.74, 6) is 4.11. The summed E-state index contributed by atoms with van der Waals surface area (Å²) in [4.78, 5) is 2.45. The van der Waals surface area contributed by atoms with E-state index in [9.17, 15) is 4.55 Å². The standard InChI is InChI=1S/C22H30N2O3S/c1-14-6-9-20(27-14)21(23-28(25)22(2,3)4)18-8-7-17(26-5)11-19(18)24-12-15-10-16(15)13-24/h6-9,11,15-16,21,23H,10,12-13H2,1-5H3. The van der Waals surface area contributed by atoms with Gasteiger partial charge in [-0.25, -0.2) is 0 Å². The zero-order chi connectivity index (χ0) is 20.1. The number of hydrogen-bond donors (Lipinski definition) is 1. The number of ether oxygens (including phenoxy) is 1. The highest BCUT2D eigenvalue weighted by Gasteiger charge is 2.46. The molecule has 6 heteroatoms. The minimum absolute atomic E-state index is 0.286. The molecule has 1 aliphatic carbocycles. The van der Waals surface area contributed by atoms with Crippen molar-refractivity contribution in [2.75, 3.05) is 25.1 Å². The molecule has 0 radical (unpaired) electrons. The van der Waals surface area contributed by atoms with Gasteiger partial charge >= 0.3 is 0 Å². The van der Waals surface area contributed by atoms with Crippen LogP contribution in [-0.4, -0.2) is 29.5 Å². The second-order valence-corrected chi connectivity index (χ2v) is 11.0. The van der Waals surface area contributed by atoms with Crippen molar-refractivity contribution in [3.05, 3.63) is 47.4 Å². The molecule has 2 aliphatic rings. The number of furan rings is 1. The summed E-state index contributed by atoms with van der Waals surface area (Å²) in [5, 5.41) is 0. The van der Waals surface area contributed by atoms with Crippen molar-refractivity contribution in [1.29, 1.82) is 0 Å². The maximum atomic E-state index is 13.0. The molecule has 4 atom stereocenters. The maximum absolute atomic E-state index is 13.0. The quantitative estimate of drug-likeness (QED) is 0.734. The number of fused-ring (bicyclic) bond motifs is 1. The number of rotatable bonds is 6. The number of hydrogen-bond acceptors (Lipinski definition) is 5. The minimum atomic E-state index is -1.23. The van der Waals surface area contributed by atoms with E-state index in [0.29, 0.717) is 0 Å². The van der Waals surface area contributed by atoms with Crippen LogP contribution in [0.5, 0.6) is 5.75 Å². The molecule has 0 spiro atoms. The predicted molar refractivity (Wildman–Crippen MR) is 113 cm³/mol. The van der Waals surface area contributed by atoms with Gasteiger partial charge in [-0.2, -0.15) is 0 Å². The molecule has 2 heterocycles. The summed E-state index contributed by atoms with van der Waals surface area (Å²) >= 11 is -1.23. The van der Waals surface area contributed by atoms with Crippen LogP contribution in [0.1, 0.15) is 50.3 Å². The first-order chi connectivity index (χ1) is 13.3. The smallest absolute Gasteiger partial charge is 0.137 e. The lowest BCUT2D eigenvalue weighted by molar-refractivity contribution is 0.414. The SMILES string of the molecule is COc1ccc(C(N[S+]([O-])C(C)(C)C)c2ccc(C)o2)c(N2CC3CC3C2)c1. The topological polar surface area (TPSA) is 60.7 Å². The van der Waals surface area contributed by atoms with Gasteiger partial charge in [0.1, 0.15) is 28.1 Å². The van der Waals surface area contributed by atoms with E-state index in [-0.39, 0.29) is 10.8 Å². The fourth-order valence-corrected chi connectivity index (χ4v) is 4.74. The molecule has 1 saturated heterocycles. The molecule has 0 amide bonds. The van der Waals surface area contributed by atoms with Crippen molar-refractivity contribution in [3.63, 3.8) is 0 Å². The molecule has 2 fully saturated rings. The average molecular weight is 403 g/mol. The number of methoxy groups -OCH3 is 1. The lowest BCUT2D eigenvalue weighted by atomic mass is 10.0. The number of piperidine rings is 1. The number of anilines is 1. The Labute approximate surface area is 170 Å². The second kappa shape index (κ2) is 7.32. The van der Waals surface area contributed by atoms with Gasteiger partial charge < -0.3 is 18.6 Å². The molecule has 4 unspecified atom stereocenters. The van der Waals surface area contributed by atoms with Gasteiger partial charge in [-0.3, -0.25) is 0 Å². The number of nitrogens with one attached hydrogen (secondary N) is 1. The van der Waals surface area contributed by atoms with Crippen LogP contribution in [0.15, 0.2) is 34.7 Å². The summed E-state index contributed by atoms with van der Waals surface area (Å²) < 4.78 is 27.4. The van der Waals surface area contributed by atoms with Crippen LogP contribution in [-0.2, 0) is 11.4 Å². The first-order valence-corrected chi connectivity index (χ1v) is 11.1. The first-order valence-electron chi connectivity index (χ1n) is 9.93. The molecule has 4 rings (SSSR count). The van der Waals surface area contributed by atoms with Gasteiger partial charge in [0.2, 0.25) is 0 Å². The molecule has 28 heavy (non-hydrogen) atoms. The van der Waals surface area contributed by atoms with Crippen molar-refractivity contribution >= 4 is 17.0 Å². The Balaban J connectivity index is 1.74. The van der Waals surface area contributed by atoms with Gasteiger partial charge in [-0.15, -0.1) is 4.72 Å². The van der Waals surface area contributed by atoms with Crippen LogP contribution >= 0.6 is 0 Å². The van der Waals surface area contributed by atoms with Crippen molar-refractivity contribution in [2.45, 2.75) is 44.9 Å². The first kappa shape index (κ1) is 19.7. The monoisotopic (exact) mass is 402 g/mol. The molecule has 1 aromatic heterocycles. The summed E-state index contributed by atoms with van der Waals surface area (Å²) in [7, 11) is 1.69. The van der Waals surface area contributed by atoms with E-state index in [1.165, 1.54) is 6.42 Å². The third-order valence-corrected chi connectivity index (χ3v) is 7.26. The Morgan fingerprint density at radius 1 is 1.21 bits per heavy atom. The molecular formula is C22H30N2O3S. The van der Waals surface area contributed by atoms with E-state index >= 15 is 0 Å². The molecule has 1 aromatic carbocycles. The maximum Gasteiger partial charge on any atom is 0.137 e. The van der Waals surface area contributed by atoms with Crippen molar-refractivity contribution in [2.24, 2.45) is 11.8 Å². The molecule has 152 valence electrons. The number of aryl methyl sites for hydroxylation is 1. The van der Waals surface area contributed by atoms with E-state index in [2.05, 4.69) is 21.8 Å². The Morgan fingerprint density at radius 3 is 2.50 bits per heavy atom. The highest BCUT2D eigenvalue weighted by atomic mass is 32.2. The van der Waals surface area contributed by atoms with Crippen LogP contribution in [0.4, 0.5) is 5.69 Å². The fourth-order valence-electron chi connectivity index (χ4n) is 3.93. The third-order valence-electron chi connectivity index (χ3n) is 5.69. The molecule has 1 N–H and O–H groups in total.